The zero-order valence-electron chi connectivity index (χ0n) is 15.6. The summed E-state index contributed by atoms with van der Waals surface area (Å²) in [6.07, 6.45) is 2.59. The Morgan fingerprint density at radius 1 is 0.815 bits per heavy atom. The Morgan fingerprint density at radius 3 is 2.00 bits per heavy atom. The number of nitrogens with zero attached hydrogens (tertiary/aromatic N) is 6. The van der Waals surface area contributed by atoms with Crippen LogP contribution in [0, 0.1) is 0 Å². The molecular weight excluding hydrogens is 340 g/mol. The van der Waals surface area contributed by atoms with E-state index in [0.29, 0.717) is 0 Å². The van der Waals surface area contributed by atoms with Crippen molar-refractivity contribution < 1.29 is 4.79 Å². The van der Waals surface area contributed by atoms with Gasteiger partial charge in [-0.2, -0.15) is 0 Å². The molecule has 0 bridgehead atoms. The van der Waals surface area contributed by atoms with E-state index in [9.17, 15) is 4.79 Å². The first-order chi connectivity index (χ1) is 13.3. The maximum absolute atomic E-state index is 10.9. The zero-order chi connectivity index (χ0) is 18.5. The minimum Gasteiger partial charge on any atom is -0.354 e. The van der Waals surface area contributed by atoms with Gasteiger partial charge in [-0.3, -0.25) is 9.69 Å². The molecule has 0 atom stereocenters. The number of benzene rings is 1. The minimum atomic E-state index is 0.751. The summed E-state index contributed by atoms with van der Waals surface area (Å²) in [5, 5.41) is 0. The van der Waals surface area contributed by atoms with Gasteiger partial charge in [-0.1, -0.05) is 30.3 Å². The first kappa shape index (κ1) is 17.7. The highest BCUT2D eigenvalue weighted by atomic mass is 16.1. The number of anilines is 2. The van der Waals surface area contributed by atoms with Crippen LogP contribution in [0.3, 0.4) is 0 Å². The Morgan fingerprint density at radius 2 is 1.41 bits per heavy atom. The van der Waals surface area contributed by atoms with Crippen LogP contribution in [0.2, 0.25) is 0 Å². The summed E-state index contributed by atoms with van der Waals surface area (Å²) in [4.78, 5) is 28.7. The highest BCUT2D eigenvalue weighted by Crippen LogP contribution is 2.20. The zero-order valence-corrected chi connectivity index (χ0v) is 15.6. The van der Waals surface area contributed by atoms with Crippen molar-refractivity contribution in [1.82, 2.24) is 19.8 Å². The Balaban J connectivity index is 1.34. The molecule has 2 saturated heterocycles. The Bertz CT molecular complexity index is 739. The van der Waals surface area contributed by atoms with Gasteiger partial charge in [-0.25, -0.2) is 9.97 Å². The van der Waals surface area contributed by atoms with Gasteiger partial charge in [0, 0.05) is 65.0 Å². The van der Waals surface area contributed by atoms with Crippen LogP contribution in [0.5, 0.6) is 0 Å². The van der Waals surface area contributed by atoms with Gasteiger partial charge in [0.15, 0.2) is 0 Å². The Labute approximate surface area is 160 Å². The lowest BCUT2D eigenvalue weighted by molar-refractivity contribution is -0.118. The third kappa shape index (κ3) is 4.36. The third-order valence-corrected chi connectivity index (χ3v) is 5.37. The topological polar surface area (TPSA) is 55.8 Å². The average molecular weight is 366 g/mol. The molecule has 3 heterocycles. The number of hydrogen-bond acceptors (Lipinski definition) is 6. The lowest BCUT2D eigenvalue weighted by Gasteiger charge is -2.36. The van der Waals surface area contributed by atoms with Crippen LogP contribution in [-0.4, -0.2) is 78.5 Å². The van der Waals surface area contributed by atoms with Crippen molar-refractivity contribution in [1.29, 1.82) is 0 Å². The molecule has 1 amide bonds. The van der Waals surface area contributed by atoms with Crippen LogP contribution in [-0.2, 0) is 11.3 Å². The standard InChI is InChI=1S/C20H26N6O/c27-17-24-8-12-26(13-9-24)20-14-19(21-16-22-20)25-10-6-23(7-11-25)15-18-4-2-1-3-5-18/h1-5,14,16-17H,6-13,15H2. The largest absolute Gasteiger partial charge is 0.354 e. The number of hydrogen-bond donors (Lipinski definition) is 0. The number of aromatic nitrogens is 2. The fourth-order valence-corrected chi connectivity index (χ4v) is 3.72. The second-order valence-corrected chi connectivity index (χ2v) is 7.11. The number of carbonyl (C=O) groups excluding carboxylic acids is 1. The number of rotatable bonds is 5. The fourth-order valence-electron chi connectivity index (χ4n) is 3.72. The summed E-state index contributed by atoms with van der Waals surface area (Å²) in [6.45, 7) is 8.16. The maximum Gasteiger partial charge on any atom is 0.209 e. The lowest BCUT2D eigenvalue weighted by atomic mass is 10.2. The monoisotopic (exact) mass is 366 g/mol. The van der Waals surface area contributed by atoms with Crippen LogP contribution in [0.15, 0.2) is 42.7 Å². The number of carbonyl (C=O) groups is 1. The van der Waals surface area contributed by atoms with Crippen LogP contribution in [0.1, 0.15) is 5.56 Å². The van der Waals surface area contributed by atoms with Crippen molar-refractivity contribution in [2.24, 2.45) is 0 Å². The normalized spacial score (nSPS) is 18.6. The molecule has 4 rings (SSSR count). The van der Waals surface area contributed by atoms with Crippen LogP contribution in [0.4, 0.5) is 11.6 Å². The molecule has 7 heteroatoms. The molecule has 2 aromatic rings. The van der Waals surface area contributed by atoms with Gasteiger partial charge in [0.25, 0.3) is 0 Å². The summed E-state index contributed by atoms with van der Waals surface area (Å²) >= 11 is 0. The predicted octanol–water partition coefficient (Wildman–Crippen LogP) is 1.08. The van der Waals surface area contributed by atoms with Gasteiger partial charge in [0.05, 0.1) is 0 Å². The molecule has 0 unspecified atom stereocenters. The van der Waals surface area contributed by atoms with Gasteiger partial charge in [-0.05, 0) is 5.56 Å². The number of amides is 1. The molecule has 27 heavy (non-hydrogen) atoms. The van der Waals surface area contributed by atoms with Crippen molar-refractivity contribution in [3.05, 3.63) is 48.3 Å². The molecule has 0 saturated carbocycles. The summed E-state index contributed by atoms with van der Waals surface area (Å²) in [7, 11) is 0. The molecule has 0 aliphatic carbocycles. The minimum absolute atomic E-state index is 0.751. The molecule has 7 nitrogen and oxygen atoms in total. The van der Waals surface area contributed by atoms with E-state index < -0.39 is 0 Å². The van der Waals surface area contributed by atoms with Crippen molar-refractivity contribution in [2.75, 3.05) is 62.2 Å². The molecule has 1 aromatic carbocycles. The van der Waals surface area contributed by atoms with Crippen LogP contribution >= 0.6 is 0 Å². The molecule has 0 radical (unpaired) electrons. The SMILES string of the molecule is O=CN1CCN(c2cc(N3CCN(Cc4ccccc4)CC3)ncn2)CC1. The van der Waals surface area contributed by atoms with Gasteiger partial charge >= 0.3 is 0 Å². The van der Waals surface area contributed by atoms with Gasteiger partial charge in [0.1, 0.15) is 18.0 Å². The lowest BCUT2D eigenvalue weighted by Crippen LogP contribution is -2.47. The van der Waals surface area contributed by atoms with E-state index in [1.54, 1.807) is 6.33 Å². The quantitative estimate of drug-likeness (QED) is 0.738. The van der Waals surface area contributed by atoms with Crippen molar-refractivity contribution in [3.63, 3.8) is 0 Å². The first-order valence-corrected chi connectivity index (χ1v) is 9.59. The smallest absolute Gasteiger partial charge is 0.209 e. The molecule has 0 N–H and O–H groups in total. The van der Waals surface area contributed by atoms with Crippen LogP contribution < -0.4 is 9.80 Å². The van der Waals surface area contributed by atoms with E-state index in [0.717, 1.165) is 76.9 Å². The fraction of sp³-hybridized carbons (Fsp3) is 0.450. The predicted molar refractivity (Wildman–Crippen MR) is 106 cm³/mol. The third-order valence-electron chi connectivity index (χ3n) is 5.37. The first-order valence-electron chi connectivity index (χ1n) is 9.59. The second-order valence-electron chi connectivity index (χ2n) is 7.11. The van der Waals surface area contributed by atoms with Gasteiger partial charge in [0.2, 0.25) is 6.41 Å². The average Bonchev–Trinajstić information content (AvgIpc) is 2.75. The van der Waals surface area contributed by atoms with Crippen molar-refractivity contribution in [3.8, 4) is 0 Å². The Hall–Kier alpha value is -2.67. The highest BCUT2D eigenvalue weighted by molar-refractivity contribution is 5.52. The van der Waals surface area contributed by atoms with E-state index in [1.165, 1.54) is 5.56 Å². The molecule has 2 aliphatic rings. The molecule has 1 aromatic heterocycles. The molecule has 2 fully saturated rings. The summed E-state index contributed by atoms with van der Waals surface area (Å²) < 4.78 is 0. The van der Waals surface area contributed by atoms with Crippen LogP contribution in [0.25, 0.3) is 0 Å². The highest BCUT2D eigenvalue weighted by Gasteiger charge is 2.21. The van der Waals surface area contributed by atoms with Crippen molar-refractivity contribution >= 4 is 18.0 Å². The van der Waals surface area contributed by atoms with E-state index in [2.05, 4.69) is 61.1 Å². The summed E-state index contributed by atoms with van der Waals surface area (Å²) in [5.41, 5.74) is 1.37. The molecule has 0 spiro atoms. The van der Waals surface area contributed by atoms with Gasteiger partial charge < -0.3 is 14.7 Å². The molecule has 142 valence electrons. The van der Waals surface area contributed by atoms with Gasteiger partial charge in [-0.15, -0.1) is 0 Å². The second kappa shape index (κ2) is 8.35. The van der Waals surface area contributed by atoms with E-state index >= 15 is 0 Å². The number of piperazine rings is 2. The Kier molecular flexibility index (Phi) is 5.48. The maximum atomic E-state index is 10.9. The summed E-state index contributed by atoms with van der Waals surface area (Å²) in [5.74, 6) is 1.95. The summed E-state index contributed by atoms with van der Waals surface area (Å²) in [6, 6.07) is 12.7. The van der Waals surface area contributed by atoms with E-state index in [1.807, 2.05) is 4.90 Å². The van der Waals surface area contributed by atoms with E-state index in [4.69, 9.17) is 0 Å². The van der Waals surface area contributed by atoms with E-state index in [-0.39, 0.29) is 0 Å². The molecule has 2 aliphatic heterocycles. The van der Waals surface area contributed by atoms with Crippen molar-refractivity contribution in [2.45, 2.75) is 6.54 Å². The molecular formula is C20H26N6O.